The molecule has 0 atom stereocenters. The molecule has 2 N–H and O–H groups in total. The highest BCUT2D eigenvalue weighted by Crippen LogP contribution is 2.22. The summed E-state index contributed by atoms with van der Waals surface area (Å²) in [5.74, 6) is -0.620. The fourth-order valence-electron chi connectivity index (χ4n) is 1.80. The number of amides is 2. The number of rotatable bonds is 6. The van der Waals surface area contributed by atoms with E-state index in [-0.39, 0.29) is 24.8 Å². The molecule has 0 heterocycles. The number of benzene rings is 2. The third-order valence-corrected chi connectivity index (χ3v) is 3.76. The van der Waals surface area contributed by atoms with Gasteiger partial charge in [0.25, 0.3) is 5.91 Å². The molecule has 0 saturated carbocycles. The van der Waals surface area contributed by atoms with Crippen LogP contribution in [0, 0.1) is 0 Å². The molecule has 124 valence electrons. The molecule has 5 nitrogen and oxygen atoms in total. The zero-order valence-corrected chi connectivity index (χ0v) is 14.1. The van der Waals surface area contributed by atoms with Crippen LogP contribution in [0.2, 0.25) is 10.0 Å². The van der Waals surface area contributed by atoms with Crippen LogP contribution in [-0.4, -0.2) is 24.6 Å². The lowest BCUT2D eigenvalue weighted by Gasteiger charge is -2.05. The molecular weight excluding hydrogens is 349 g/mol. The summed E-state index contributed by atoms with van der Waals surface area (Å²) in [7, 11) is 0. The minimum Gasteiger partial charge on any atom is -0.352 e. The van der Waals surface area contributed by atoms with Crippen molar-refractivity contribution in [3.63, 3.8) is 0 Å². The van der Waals surface area contributed by atoms with Gasteiger partial charge in [0, 0.05) is 18.5 Å². The van der Waals surface area contributed by atoms with Gasteiger partial charge in [-0.2, -0.15) is 5.10 Å². The monoisotopic (exact) mass is 363 g/mol. The molecule has 0 bridgehead atoms. The van der Waals surface area contributed by atoms with E-state index in [1.54, 1.807) is 18.3 Å². The first-order valence-electron chi connectivity index (χ1n) is 7.16. The Morgan fingerprint density at radius 1 is 1.04 bits per heavy atom. The van der Waals surface area contributed by atoms with Crippen molar-refractivity contribution in [2.45, 2.75) is 6.42 Å². The molecule has 2 amide bonds. The van der Waals surface area contributed by atoms with Gasteiger partial charge in [0.1, 0.15) is 0 Å². The van der Waals surface area contributed by atoms with Gasteiger partial charge in [-0.15, -0.1) is 0 Å². The van der Waals surface area contributed by atoms with Crippen molar-refractivity contribution in [1.82, 2.24) is 10.7 Å². The van der Waals surface area contributed by atoms with Crippen LogP contribution in [-0.2, 0) is 4.79 Å². The summed E-state index contributed by atoms with van der Waals surface area (Å²) < 4.78 is 0. The second kappa shape index (κ2) is 9.05. The Labute approximate surface area is 149 Å². The quantitative estimate of drug-likeness (QED) is 0.610. The number of carbonyl (C=O) groups excluding carboxylic acids is 2. The van der Waals surface area contributed by atoms with Crippen molar-refractivity contribution in [2.75, 3.05) is 6.54 Å². The summed E-state index contributed by atoms with van der Waals surface area (Å²) in [5.41, 5.74) is 3.66. The predicted molar refractivity (Wildman–Crippen MR) is 95.6 cm³/mol. The van der Waals surface area contributed by atoms with Gasteiger partial charge >= 0.3 is 0 Å². The van der Waals surface area contributed by atoms with Gasteiger partial charge in [0.2, 0.25) is 5.91 Å². The normalized spacial score (nSPS) is 10.6. The number of halogens is 2. The van der Waals surface area contributed by atoms with E-state index in [0.29, 0.717) is 15.6 Å². The third kappa shape index (κ3) is 5.68. The van der Waals surface area contributed by atoms with Crippen molar-refractivity contribution in [1.29, 1.82) is 0 Å². The zero-order valence-electron chi connectivity index (χ0n) is 12.6. The van der Waals surface area contributed by atoms with Crippen LogP contribution < -0.4 is 10.7 Å². The van der Waals surface area contributed by atoms with E-state index < -0.39 is 0 Å². The Morgan fingerprint density at radius 3 is 2.50 bits per heavy atom. The molecule has 0 aliphatic heterocycles. The van der Waals surface area contributed by atoms with E-state index in [0.717, 1.165) is 5.56 Å². The molecule has 2 rings (SSSR count). The van der Waals surface area contributed by atoms with Crippen LogP contribution in [0.1, 0.15) is 22.3 Å². The molecule has 24 heavy (non-hydrogen) atoms. The first kappa shape index (κ1) is 18.0. The van der Waals surface area contributed by atoms with E-state index in [1.165, 1.54) is 6.07 Å². The number of hydrogen-bond acceptors (Lipinski definition) is 3. The van der Waals surface area contributed by atoms with E-state index in [2.05, 4.69) is 15.8 Å². The maximum atomic E-state index is 11.9. The average Bonchev–Trinajstić information content (AvgIpc) is 2.58. The van der Waals surface area contributed by atoms with Gasteiger partial charge in [-0.05, 0) is 23.8 Å². The first-order valence-corrected chi connectivity index (χ1v) is 7.92. The number of nitrogens with zero attached hydrogens (tertiary/aromatic N) is 1. The van der Waals surface area contributed by atoms with Gasteiger partial charge in [0.05, 0.1) is 16.3 Å². The van der Waals surface area contributed by atoms with Crippen molar-refractivity contribution in [2.24, 2.45) is 5.10 Å². The highest BCUT2D eigenvalue weighted by atomic mass is 35.5. The van der Waals surface area contributed by atoms with Crippen LogP contribution in [0.5, 0.6) is 0 Å². The second-order valence-electron chi connectivity index (χ2n) is 4.84. The van der Waals surface area contributed by atoms with Crippen molar-refractivity contribution >= 4 is 41.2 Å². The smallest absolute Gasteiger partial charge is 0.251 e. The standard InChI is InChI=1S/C17H15Cl2N3O2/c18-14-7-6-13(10-15(14)19)17(24)20-9-8-16(23)22-21-11-12-4-2-1-3-5-12/h1-7,10-11H,8-9H2,(H,20,24)(H,22,23). The Bertz CT molecular complexity index is 749. The molecule has 2 aromatic carbocycles. The van der Waals surface area contributed by atoms with Crippen molar-refractivity contribution < 1.29 is 9.59 Å². The summed E-state index contributed by atoms with van der Waals surface area (Å²) in [5, 5.41) is 7.16. The number of hydrazone groups is 1. The fraction of sp³-hybridized carbons (Fsp3) is 0.118. The van der Waals surface area contributed by atoms with Crippen LogP contribution in [0.25, 0.3) is 0 Å². The van der Waals surface area contributed by atoms with Crippen LogP contribution in [0.15, 0.2) is 53.6 Å². The minimum atomic E-state index is -0.325. The fourth-order valence-corrected chi connectivity index (χ4v) is 2.10. The lowest BCUT2D eigenvalue weighted by molar-refractivity contribution is -0.120. The second-order valence-corrected chi connectivity index (χ2v) is 5.65. The molecular formula is C17H15Cl2N3O2. The molecule has 0 unspecified atom stereocenters. The molecule has 2 aromatic rings. The van der Waals surface area contributed by atoms with E-state index in [9.17, 15) is 9.59 Å². The molecule has 0 aliphatic rings. The lowest BCUT2D eigenvalue weighted by atomic mass is 10.2. The topological polar surface area (TPSA) is 70.6 Å². The summed E-state index contributed by atoms with van der Waals surface area (Å²) in [6.07, 6.45) is 1.66. The molecule has 0 fully saturated rings. The van der Waals surface area contributed by atoms with E-state index in [4.69, 9.17) is 23.2 Å². The number of hydrogen-bond donors (Lipinski definition) is 2. The largest absolute Gasteiger partial charge is 0.352 e. The van der Waals surface area contributed by atoms with E-state index >= 15 is 0 Å². The summed E-state index contributed by atoms with van der Waals surface area (Å²) >= 11 is 11.7. The molecule has 0 spiro atoms. The predicted octanol–water partition coefficient (Wildman–Crippen LogP) is 3.26. The number of nitrogens with one attached hydrogen (secondary N) is 2. The van der Waals surface area contributed by atoms with Gasteiger partial charge in [0.15, 0.2) is 0 Å². The third-order valence-electron chi connectivity index (χ3n) is 3.02. The zero-order chi connectivity index (χ0) is 17.4. The van der Waals surface area contributed by atoms with Crippen molar-refractivity contribution in [3.8, 4) is 0 Å². The lowest BCUT2D eigenvalue weighted by Crippen LogP contribution is -2.29. The van der Waals surface area contributed by atoms with Crippen LogP contribution >= 0.6 is 23.2 Å². The summed E-state index contributed by atoms with van der Waals surface area (Å²) in [4.78, 5) is 23.5. The molecule has 0 aromatic heterocycles. The highest BCUT2D eigenvalue weighted by molar-refractivity contribution is 6.42. The van der Waals surface area contributed by atoms with Gasteiger partial charge in [-0.1, -0.05) is 53.5 Å². The van der Waals surface area contributed by atoms with Gasteiger partial charge in [-0.3, -0.25) is 9.59 Å². The maximum Gasteiger partial charge on any atom is 0.251 e. The molecule has 0 saturated heterocycles. The Balaban J connectivity index is 1.73. The van der Waals surface area contributed by atoms with Crippen LogP contribution in [0.4, 0.5) is 0 Å². The Hall–Kier alpha value is -2.37. The summed E-state index contributed by atoms with van der Waals surface area (Å²) in [6, 6.07) is 14.0. The first-order chi connectivity index (χ1) is 11.6. The number of carbonyl (C=O) groups is 2. The highest BCUT2D eigenvalue weighted by Gasteiger charge is 2.08. The van der Waals surface area contributed by atoms with Gasteiger partial charge < -0.3 is 5.32 Å². The SMILES string of the molecule is O=C(CCNC(=O)c1ccc(Cl)c(Cl)c1)NN=Cc1ccccc1. The van der Waals surface area contributed by atoms with E-state index in [1.807, 2.05) is 30.3 Å². The van der Waals surface area contributed by atoms with Crippen LogP contribution in [0.3, 0.4) is 0 Å². The van der Waals surface area contributed by atoms with Crippen molar-refractivity contribution in [3.05, 3.63) is 69.7 Å². The molecule has 0 aliphatic carbocycles. The Morgan fingerprint density at radius 2 is 1.79 bits per heavy atom. The maximum absolute atomic E-state index is 11.9. The molecule has 0 radical (unpaired) electrons. The van der Waals surface area contributed by atoms with Gasteiger partial charge in [-0.25, -0.2) is 5.43 Å². The average molecular weight is 364 g/mol. The minimum absolute atomic E-state index is 0.110. The Kier molecular flexibility index (Phi) is 6.78. The summed E-state index contributed by atoms with van der Waals surface area (Å²) in [6.45, 7) is 0.186. The molecule has 7 heteroatoms.